The Balaban J connectivity index is 1.84. The second kappa shape index (κ2) is 6.41. The van der Waals surface area contributed by atoms with Gasteiger partial charge in [0, 0.05) is 5.57 Å². The third-order valence-electron chi connectivity index (χ3n) is 4.33. The number of hydrogen-bond donors (Lipinski definition) is 2. The lowest BCUT2D eigenvalue weighted by atomic mass is 9.89. The van der Waals surface area contributed by atoms with Gasteiger partial charge in [0.1, 0.15) is 17.2 Å². The molecule has 3 aromatic rings. The van der Waals surface area contributed by atoms with Crippen molar-refractivity contribution in [2.45, 2.75) is 6.10 Å². The number of fused-ring (bicyclic) bond motifs is 1. The molecule has 1 aliphatic rings. The van der Waals surface area contributed by atoms with Gasteiger partial charge in [-0.2, -0.15) is 0 Å². The predicted molar refractivity (Wildman–Crippen MR) is 98.3 cm³/mol. The third kappa shape index (κ3) is 2.93. The summed E-state index contributed by atoms with van der Waals surface area (Å²) in [6.45, 7) is 0. The van der Waals surface area contributed by atoms with Crippen molar-refractivity contribution in [3.05, 3.63) is 95.1 Å². The molecule has 0 saturated heterocycles. The first kappa shape index (κ1) is 16.0. The minimum absolute atomic E-state index is 0.0991. The van der Waals surface area contributed by atoms with Crippen molar-refractivity contribution in [2.75, 3.05) is 0 Å². The summed E-state index contributed by atoms with van der Waals surface area (Å²) in [5.74, 6) is 0.760. The average molecular weight is 344 g/mol. The van der Waals surface area contributed by atoms with Crippen LogP contribution >= 0.6 is 0 Å². The van der Waals surface area contributed by atoms with Gasteiger partial charge in [-0.3, -0.25) is 4.79 Å². The number of carbonyl (C=O) groups excluding carboxylic acids is 1. The Kier molecular flexibility index (Phi) is 3.93. The van der Waals surface area contributed by atoms with E-state index in [9.17, 15) is 15.0 Å². The van der Waals surface area contributed by atoms with Gasteiger partial charge in [0.25, 0.3) is 0 Å². The largest absolute Gasteiger partial charge is 0.508 e. The molecule has 1 heterocycles. The second-order valence-electron chi connectivity index (χ2n) is 6.11. The molecule has 0 spiro atoms. The molecule has 0 radical (unpaired) electrons. The fraction of sp³-hybridized carbons (Fsp3) is 0.0455. The van der Waals surface area contributed by atoms with Crippen molar-refractivity contribution in [3.8, 4) is 17.2 Å². The lowest BCUT2D eigenvalue weighted by molar-refractivity contribution is 0.0963. The molecule has 0 fully saturated rings. The average Bonchev–Trinajstić information content (AvgIpc) is 2.66. The topological polar surface area (TPSA) is 66.8 Å². The van der Waals surface area contributed by atoms with E-state index in [1.807, 2.05) is 6.07 Å². The quantitative estimate of drug-likeness (QED) is 0.672. The molecule has 3 aromatic carbocycles. The van der Waals surface area contributed by atoms with Crippen LogP contribution < -0.4 is 4.74 Å². The standard InChI is InChI=1S/C22H16O4/c23-16-9-5-14(6-10-16)13-19-21(25)18-3-1-2-4-20(18)26-22(19)15-7-11-17(24)12-8-15/h1-13,22-24H/b19-13-. The summed E-state index contributed by atoms with van der Waals surface area (Å²) >= 11 is 0. The Morgan fingerprint density at radius 2 is 1.42 bits per heavy atom. The summed E-state index contributed by atoms with van der Waals surface area (Å²) in [4.78, 5) is 13.1. The van der Waals surface area contributed by atoms with Crippen LogP contribution in [0.1, 0.15) is 27.6 Å². The molecular formula is C22H16O4. The van der Waals surface area contributed by atoms with E-state index in [1.54, 1.807) is 72.8 Å². The first-order valence-electron chi connectivity index (χ1n) is 8.22. The van der Waals surface area contributed by atoms with Gasteiger partial charge in [-0.15, -0.1) is 0 Å². The fourth-order valence-electron chi connectivity index (χ4n) is 3.01. The summed E-state index contributed by atoms with van der Waals surface area (Å²) in [6.07, 6.45) is 1.20. The SMILES string of the molecule is O=C1/C(=C/c2ccc(O)cc2)C(c2ccc(O)cc2)Oc2ccccc21. The molecule has 4 heteroatoms. The number of ether oxygens (including phenoxy) is 1. The highest BCUT2D eigenvalue weighted by atomic mass is 16.5. The number of ketones is 1. The van der Waals surface area contributed by atoms with E-state index >= 15 is 0 Å². The van der Waals surface area contributed by atoms with Crippen LogP contribution in [0.25, 0.3) is 6.08 Å². The molecule has 4 rings (SSSR count). The van der Waals surface area contributed by atoms with Crippen LogP contribution in [0.3, 0.4) is 0 Å². The number of carbonyl (C=O) groups is 1. The summed E-state index contributed by atoms with van der Waals surface area (Å²) in [7, 11) is 0. The van der Waals surface area contributed by atoms with Crippen LogP contribution in [0.4, 0.5) is 0 Å². The first-order chi connectivity index (χ1) is 12.6. The van der Waals surface area contributed by atoms with Gasteiger partial charge in [0.15, 0.2) is 11.9 Å². The third-order valence-corrected chi connectivity index (χ3v) is 4.33. The van der Waals surface area contributed by atoms with Crippen LogP contribution in [0.15, 0.2) is 78.4 Å². The van der Waals surface area contributed by atoms with Crippen LogP contribution in [0.2, 0.25) is 0 Å². The molecule has 128 valence electrons. The van der Waals surface area contributed by atoms with Crippen LogP contribution in [0, 0.1) is 0 Å². The number of rotatable bonds is 2. The highest BCUT2D eigenvalue weighted by molar-refractivity contribution is 6.14. The van der Waals surface area contributed by atoms with Crippen LogP contribution in [0.5, 0.6) is 17.2 Å². The number of phenolic OH excluding ortho intramolecular Hbond substituents is 2. The van der Waals surface area contributed by atoms with E-state index in [0.717, 1.165) is 11.1 Å². The number of hydrogen-bond acceptors (Lipinski definition) is 4. The molecular weight excluding hydrogens is 328 g/mol. The van der Waals surface area contributed by atoms with Gasteiger partial charge in [-0.25, -0.2) is 0 Å². The van der Waals surface area contributed by atoms with E-state index in [1.165, 1.54) is 0 Å². The highest BCUT2D eigenvalue weighted by Gasteiger charge is 2.32. The van der Waals surface area contributed by atoms with Crippen molar-refractivity contribution in [2.24, 2.45) is 0 Å². The minimum Gasteiger partial charge on any atom is -0.508 e. The maximum Gasteiger partial charge on any atom is 0.196 e. The molecule has 1 aliphatic heterocycles. The molecule has 4 nitrogen and oxygen atoms in total. The normalized spacial score (nSPS) is 17.6. The second-order valence-corrected chi connectivity index (χ2v) is 6.11. The van der Waals surface area contributed by atoms with E-state index in [4.69, 9.17) is 4.74 Å². The molecule has 0 bridgehead atoms. The molecule has 2 N–H and O–H groups in total. The van der Waals surface area contributed by atoms with Crippen LogP contribution in [-0.2, 0) is 0 Å². The van der Waals surface area contributed by atoms with Crippen molar-refractivity contribution in [1.82, 2.24) is 0 Å². The molecule has 26 heavy (non-hydrogen) atoms. The number of phenols is 2. The predicted octanol–water partition coefficient (Wildman–Crippen LogP) is 4.50. The maximum absolute atomic E-state index is 13.1. The molecule has 0 aliphatic carbocycles. The van der Waals surface area contributed by atoms with E-state index in [-0.39, 0.29) is 17.3 Å². The number of para-hydroxylation sites is 1. The Labute approximate surface area is 150 Å². The van der Waals surface area contributed by atoms with E-state index in [2.05, 4.69) is 0 Å². The zero-order chi connectivity index (χ0) is 18.1. The Morgan fingerprint density at radius 3 is 2.12 bits per heavy atom. The van der Waals surface area contributed by atoms with Crippen molar-refractivity contribution >= 4 is 11.9 Å². The zero-order valence-corrected chi connectivity index (χ0v) is 13.8. The van der Waals surface area contributed by atoms with Crippen molar-refractivity contribution in [3.63, 3.8) is 0 Å². The van der Waals surface area contributed by atoms with E-state index < -0.39 is 6.10 Å². The fourth-order valence-corrected chi connectivity index (χ4v) is 3.01. The summed E-state index contributed by atoms with van der Waals surface area (Å²) < 4.78 is 6.12. The summed E-state index contributed by atoms with van der Waals surface area (Å²) in [5, 5.41) is 19.0. The minimum atomic E-state index is -0.577. The molecule has 1 unspecified atom stereocenters. The molecule has 0 aromatic heterocycles. The van der Waals surface area contributed by atoms with Gasteiger partial charge >= 0.3 is 0 Å². The maximum atomic E-state index is 13.1. The zero-order valence-electron chi connectivity index (χ0n) is 13.8. The number of benzene rings is 3. The van der Waals surface area contributed by atoms with E-state index in [0.29, 0.717) is 16.9 Å². The Hall–Kier alpha value is -3.53. The van der Waals surface area contributed by atoms with Gasteiger partial charge in [0.2, 0.25) is 0 Å². The number of aromatic hydroxyl groups is 2. The monoisotopic (exact) mass is 344 g/mol. The molecule has 0 amide bonds. The highest BCUT2D eigenvalue weighted by Crippen LogP contribution is 2.39. The Bertz CT molecular complexity index is 985. The lowest BCUT2D eigenvalue weighted by Crippen LogP contribution is -2.23. The van der Waals surface area contributed by atoms with Gasteiger partial charge in [0.05, 0.1) is 5.56 Å². The Morgan fingerprint density at radius 1 is 0.808 bits per heavy atom. The molecule has 0 saturated carbocycles. The van der Waals surface area contributed by atoms with Gasteiger partial charge in [-0.1, -0.05) is 36.4 Å². The van der Waals surface area contributed by atoms with Crippen LogP contribution in [-0.4, -0.2) is 16.0 Å². The van der Waals surface area contributed by atoms with Crippen molar-refractivity contribution in [1.29, 1.82) is 0 Å². The summed E-state index contributed by atoms with van der Waals surface area (Å²) in [5.41, 5.74) is 2.58. The first-order valence-corrected chi connectivity index (χ1v) is 8.22. The molecule has 1 atom stereocenters. The number of Topliss-reactive ketones (excluding diaryl/α,β-unsaturated/α-hetero) is 1. The van der Waals surface area contributed by atoms with Crippen molar-refractivity contribution < 1.29 is 19.7 Å². The lowest BCUT2D eigenvalue weighted by Gasteiger charge is -2.28. The summed E-state index contributed by atoms with van der Waals surface area (Å²) in [6, 6.07) is 20.4. The van der Waals surface area contributed by atoms with Gasteiger partial charge in [-0.05, 0) is 53.6 Å². The van der Waals surface area contributed by atoms with Gasteiger partial charge < -0.3 is 14.9 Å². The smallest absolute Gasteiger partial charge is 0.196 e.